The van der Waals surface area contributed by atoms with E-state index >= 15 is 0 Å². The average molecular weight is 349 g/mol. The van der Waals surface area contributed by atoms with Gasteiger partial charge in [-0.05, 0) is 54.4 Å². The molecule has 0 saturated carbocycles. The van der Waals surface area contributed by atoms with E-state index in [1.54, 1.807) is 36.8 Å². The molecule has 0 saturated heterocycles. The molecule has 1 aromatic carbocycles. The van der Waals surface area contributed by atoms with Crippen molar-refractivity contribution in [2.75, 3.05) is 6.61 Å². The second kappa shape index (κ2) is 8.57. The molecule has 0 aliphatic rings. The number of aromatic amines is 1. The Hall–Kier alpha value is -3.48. The Morgan fingerprint density at radius 3 is 2.73 bits per heavy atom. The second-order valence-corrected chi connectivity index (χ2v) is 5.52. The average Bonchev–Trinajstić information content (AvgIpc) is 3.18. The highest BCUT2D eigenvalue weighted by Crippen LogP contribution is 2.21. The van der Waals surface area contributed by atoms with Crippen LogP contribution in [0.15, 0.2) is 60.0 Å². The first-order valence-electron chi connectivity index (χ1n) is 8.28. The molecule has 1 amide bonds. The molecule has 26 heavy (non-hydrogen) atoms. The summed E-state index contributed by atoms with van der Waals surface area (Å²) in [4.78, 5) is 16.0. The molecular formula is C19H19N5O2. The summed E-state index contributed by atoms with van der Waals surface area (Å²) in [5.41, 5.74) is 5.21. The Kier molecular flexibility index (Phi) is 5.72. The number of carbonyl (C=O) groups excluding carboxylic acids is 1. The Balaban J connectivity index is 1.61. The van der Waals surface area contributed by atoms with E-state index in [1.165, 1.54) is 0 Å². The van der Waals surface area contributed by atoms with Gasteiger partial charge in [-0.1, -0.05) is 6.92 Å². The van der Waals surface area contributed by atoms with E-state index in [0.29, 0.717) is 18.0 Å². The van der Waals surface area contributed by atoms with Crippen molar-refractivity contribution in [3.63, 3.8) is 0 Å². The summed E-state index contributed by atoms with van der Waals surface area (Å²) in [5.74, 6) is 0.450. The van der Waals surface area contributed by atoms with Gasteiger partial charge < -0.3 is 4.74 Å². The van der Waals surface area contributed by atoms with Crippen molar-refractivity contribution in [3.05, 3.63) is 66.1 Å². The van der Waals surface area contributed by atoms with Crippen LogP contribution in [-0.2, 0) is 0 Å². The topological polar surface area (TPSA) is 92.3 Å². The van der Waals surface area contributed by atoms with Gasteiger partial charge in [0.05, 0.1) is 18.5 Å². The van der Waals surface area contributed by atoms with E-state index in [0.717, 1.165) is 23.3 Å². The first-order chi connectivity index (χ1) is 12.8. The van der Waals surface area contributed by atoms with Crippen molar-refractivity contribution in [1.82, 2.24) is 20.6 Å². The van der Waals surface area contributed by atoms with E-state index in [-0.39, 0.29) is 5.91 Å². The predicted octanol–water partition coefficient (Wildman–Crippen LogP) is 3.02. The van der Waals surface area contributed by atoms with Crippen LogP contribution in [0.2, 0.25) is 0 Å². The highest BCUT2D eigenvalue weighted by atomic mass is 16.5. The van der Waals surface area contributed by atoms with Gasteiger partial charge in [0.1, 0.15) is 11.4 Å². The summed E-state index contributed by atoms with van der Waals surface area (Å²) in [5, 5.41) is 10.8. The zero-order valence-electron chi connectivity index (χ0n) is 14.3. The largest absolute Gasteiger partial charge is 0.494 e. The van der Waals surface area contributed by atoms with E-state index in [9.17, 15) is 4.79 Å². The minimum absolute atomic E-state index is 0.332. The number of rotatable bonds is 7. The number of benzene rings is 1. The molecule has 2 aromatic heterocycles. The predicted molar refractivity (Wildman–Crippen MR) is 99.1 cm³/mol. The van der Waals surface area contributed by atoms with Crippen LogP contribution in [0.25, 0.3) is 11.3 Å². The summed E-state index contributed by atoms with van der Waals surface area (Å²) in [7, 11) is 0. The van der Waals surface area contributed by atoms with E-state index in [1.807, 2.05) is 24.3 Å². The minimum atomic E-state index is -0.364. The SMILES string of the molecule is CCCOc1ccc(-c2cc(C(=O)N/N=C\c3ccncc3)[nH]n2)cc1. The molecule has 132 valence electrons. The highest BCUT2D eigenvalue weighted by Gasteiger charge is 2.10. The maximum absolute atomic E-state index is 12.1. The van der Waals surface area contributed by atoms with Crippen LogP contribution in [0, 0.1) is 0 Å². The molecule has 7 heteroatoms. The van der Waals surface area contributed by atoms with Crippen LogP contribution in [0.3, 0.4) is 0 Å². The van der Waals surface area contributed by atoms with Crippen LogP contribution in [-0.4, -0.2) is 33.9 Å². The van der Waals surface area contributed by atoms with Gasteiger partial charge in [-0.2, -0.15) is 10.2 Å². The maximum Gasteiger partial charge on any atom is 0.289 e. The van der Waals surface area contributed by atoms with Crippen molar-refractivity contribution in [1.29, 1.82) is 0 Å². The first-order valence-corrected chi connectivity index (χ1v) is 8.28. The van der Waals surface area contributed by atoms with E-state index in [2.05, 4.69) is 32.6 Å². The van der Waals surface area contributed by atoms with Crippen LogP contribution >= 0.6 is 0 Å². The van der Waals surface area contributed by atoms with Gasteiger partial charge >= 0.3 is 0 Å². The molecule has 0 fully saturated rings. The van der Waals surface area contributed by atoms with Gasteiger partial charge in [-0.25, -0.2) is 5.43 Å². The number of pyridine rings is 1. The Labute approximate surface area is 151 Å². The molecule has 0 spiro atoms. The number of amides is 1. The summed E-state index contributed by atoms with van der Waals surface area (Å²) < 4.78 is 5.56. The number of nitrogens with one attached hydrogen (secondary N) is 2. The maximum atomic E-state index is 12.1. The van der Waals surface area contributed by atoms with Gasteiger partial charge in [0.2, 0.25) is 0 Å². The lowest BCUT2D eigenvalue weighted by atomic mass is 10.1. The van der Waals surface area contributed by atoms with Gasteiger partial charge in [0.15, 0.2) is 0 Å². The number of aromatic nitrogens is 3. The normalized spacial score (nSPS) is 10.8. The summed E-state index contributed by atoms with van der Waals surface area (Å²) in [6.07, 6.45) is 5.82. The van der Waals surface area contributed by atoms with Crippen LogP contribution in [0.5, 0.6) is 5.75 Å². The number of ether oxygens (including phenoxy) is 1. The number of hydrogen-bond acceptors (Lipinski definition) is 5. The Bertz CT molecular complexity index is 872. The van der Waals surface area contributed by atoms with E-state index < -0.39 is 0 Å². The smallest absolute Gasteiger partial charge is 0.289 e. The fourth-order valence-electron chi connectivity index (χ4n) is 2.20. The number of hydrogen-bond donors (Lipinski definition) is 2. The molecule has 0 unspecified atom stereocenters. The summed E-state index contributed by atoms with van der Waals surface area (Å²) >= 11 is 0. The van der Waals surface area contributed by atoms with Gasteiger partial charge in [-0.3, -0.25) is 14.9 Å². The third kappa shape index (κ3) is 4.54. The van der Waals surface area contributed by atoms with Gasteiger partial charge in [0.25, 0.3) is 5.91 Å². The van der Waals surface area contributed by atoms with Crippen molar-refractivity contribution in [2.45, 2.75) is 13.3 Å². The van der Waals surface area contributed by atoms with Crippen molar-refractivity contribution < 1.29 is 9.53 Å². The standard InChI is InChI=1S/C19H19N5O2/c1-2-11-26-16-5-3-15(4-6-16)17-12-18(23-22-17)19(25)24-21-13-14-7-9-20-10-8-14/h3-10,12-13H,2,11H2,1H3,(H,22,23)(H,24,25)/b21-13-. The van der Waals surface area contributed by atoms with E-state index in [4.69, 9.17) is 4.74 Å². The lowest BCUT2D eigenvalue weighted by Crippen LogP contribution is -2.17. The Morgan fingerprint density at radius 1 is 1.23 bits per heavy atom. The third-order valence-corrected chi connectivity index (χ3v) is 3.53. The van der Waals surface area contributed by atoms with Crippen molar-refractivity contribution in [3.8, 4) is 17.0 Å². The molecule has 0 radical (unpaired) electrons. The minimum Gasteiger partial charge on any atom is -0.494 e. The second-order valence-electron chi connectivity index (χ2n) is 5.52. The molecule has 2 N–H and O–H groups in total. The molecule has 0 atom stereocenters. The Morgan fingerprint density at radius 2 is 2.00 bits per heavy atom. The highest BCUT2D eigenvalue weighted by molar-refractivity contribution is 5.94. The quantitative estimate of drug-likeness (QED) is 0.506. The number of hydrazone groups is 1. The van der Waals surface area contributed by atoms with Crippen LogP contribution < -0.4 is 10.2 Å². The van der Waals surface area contributed by atoms with Gasteiger partial charge in [0, 0.05) is 18.0 Å². The number of H-pyrrole nitrogens is 1. The first kappa shape index (κ1) is 17.3. The molecular weight excluding hydrogens is 330 g/mol. The fraction of sp³-hybridized carbons (Fsp3) is 0.158. The monoisotopic (exact) mass is 349 g/mol. The molecule has 3 aromatic rings. The zero-order chi connectivity index (χ0) is 18.2. The lowest BCUT2D eigenvalue weighted by molar-refractivity contribution is 0.0950. The molecule has 0 aliphatic heterocycles. The molecule has 2 heterocycles. The lowest BCUT2D eigenvalue weighted by Gasteiger charge is -2.04. The molecule has 0 bridgehead atoms. The van der Waals surface area contributed by atoms with Crippen molar-refractivity contribution in [2.24, 2.45) is 5.10 Å². The molecule has 7 nitrogen and oxygen atoms in total. The third-order valence-electron chi connectivity index (χ3n) is 3.53. The van der Waals surface area contributed by atoms with Crippen LogP contribution in [0.1, 0.15) is 29.4 Å². The van der Waals surface area contributed by atoms with Crippen molar-refractivity contribution >= 4 is 12.1 Å². The number of nitrogens with zero attached hydrogens (tertiary/aromatic N) is 3. The fourth-order valence-corrected chi connectivity index (χ4v) is 2.20. The molecule has 0 aliphatic carbocycles. The molecule has 3 rings (SSSR count). The summed E-state index contributed by atoms with van der Waals surface area (Å²) in [6, 6.07) is 12.8. The zero-order valence-corrected chi connectivity index (χ0v) is 14.3. The van der Waals surface area contributed by atoms with Gasteiger partial charge in [-0.15, -0.1) is 0 Å². The summed E-state index contributed by atoms with van der Waals surface area (Å²) in [6.45, 7) is 2.75. The number of carbonyl (C=O) groups is 1. The van der Waals surface area contributed by atoms with Crippen LogP contribution in [0.4, 0.5) is 0 Å².